The molecule has 2 fully saturated rings. The van der Waals surface area contributed by atoms with Gasteiger partial charge in [0.1, 0.15) is 6.04 Å². The molecule has 1 spiro atoms. The fourth-order valence-corrected chi connectivity index (χ4v) is 5.68. The summed E-state index contributed by atoms with van der Waals surface area (Å²) in [5, 5.41) is 2.79. The molecule has 0 bridgehead atoms. The Morgan fingerprint density at radius 3 is 2.86 bits per heavy atom. The summed E-state index contributed by atoms with van der Waals surface area (Å²) in [5.74, 6) is 0.0178. The van der Waals surface area contributed by atoms with Crippen molar-refractivity contribution in [2.45, 2.75) is 43.7 Å². The lowest BCUT2D eigenvalue weighted by atomic mass is 9.82. The van der Waals surface area contributed by atoms with E-state index >= 15 is 0 Å². The number of thiophene rings is 1. The molecule has 2 aromatic heterocycles. The van der Waals surface area contributed by atoms with E-state index in [1.807, 2.05) is 4.90 Å². The van der Waals surface area contributed by atoms with Crippen molar-refractivity contribution < 1.29 is 14.3 Å². The lowest BCUT2D eigenvalue weighted by Crippen LogP contribution is -2.52. The summed E-state index contributed by atoms with van der Waals surface area (Å²) in [5.41, 5.74) is 1.83. The van der Waals surface area contributed by atoms with E-state index in [4.69, 9.17) is 4.74 Å². The van der Waals surface area contributed by atoms with Crippen LogP contribution in [0.15, 0.2) is 24.7 Å². The van der Waals surface area contributed by atoms with Gasteiger partial charge in [-0.15, -0.1) is 11.3 Å². The van der Waals surface area contributed by atoms with Crippen molar-refractivity contribution in [1.29, 1.82) is 0 Å². The number of amides is 2. The number of hydrogen-bond donors (Lipinski definition) is 1. The molecule has 0 saturated carbocycles. The van der Waals surface area contributed by atoms with Crippen molar-refractivity contribution in [3.8, 4) is 10.6 Å². The fourth-order valence-electron chi connectivity index (χ4n) is 4.49. The Hall–Kier alpha value is -2.32. The number of carbonyl (C=O) groups excluding carboxylic acids is 2. The summed E-state index contributed by atoms with van der Waals surface area (Å²) in [6.07, 6.45) is 8.72. The highest BCUT2D eigenvalue weighted by Crippen LogP contribution is 2.46. The minimum Gasteiger partial charge on any atom is -0.370 e. The van der Waals surface area contributed by atoms with Gasteiger partial charge in [-0.2, -0.15) is 0 Å². The zero-order chi connectivity index (χ0) is 19.1. The first kappa shape index (κ1) is 17.8. The van der Waals surface area contributed by atoms with Crippen LogP contribution in [0.2, 0.25) is 0 Å². The molecular formula is C20H22N4O3S. The van der Waals surface area contributed by atoms with Crippen molar-refractivity contribution >= 4 is 23.2 Å². The van der Waals surface area contributed by atoms with Gasteiger partial charge in [0.2, 0.25) is 11.8 Å². The minimum absolute atomic E-state index is 0.0260. The molecule has 146 valence electrons. The van der Waals surface area contributed by atoms with Gasteiger partial charge in [-0.1, -0.05) is 0 Å². The third-order valence-corrected chi connectivity index (χ3v) is 7.22. The zero-order valence-electron chi connectivity index (χ0n) is 15.5. The molecule has 5 rings (SSSR count). The van der Waals surface area contributed by atoms with E-state index in [1.165, 1.54) is 10.4 Å². The lowest BCUT2D eigenvalue weighted by molar-refractivity contribution is -0.143. The van der Waals surface area contributed by atoms with Gasteiger partial charge in [0.15, 0.2) is 0 Å². The van der Waals surface area contributed by atoms with E-state index in [1.54, 1.807) is 29.9 Å². The average Bonchev–Trinajstić information content (AvgIpc) is 3.36. The van der Waals surface area contributed by atoms with Crippen molar-refractivity contribution in [1.82, 2.24) is 20.2 Å². The average molecular weight is 398 g/mol. The predicted molar refractivity (Wildman–Crippen MR) is 104 cm³/mol. The molecule has 8 heteroatoms. The molecule has 28 heavy (non-hydrogen) atoms. The molecule has 0 aromatic carbocycles. The topological polar surface area (TPSA) is 84.4 Å². The number of ether oxygens (including phenoxy) is 1. The van der Waals surface area contributed by atoms with Crippen LogP contribution in [0, 0.1) is 0 Å². The second-order valence-electron chi connectivity index (χ2n) is 7.61. The van der Waals surface area contributed by atoms with Crippen molar-refractivity contribution in [2.24, 2.45) is 0 Å². The first-order valence-electron chi connectivity index (χ1n) is 9.76. The van der Waals surface area contributed by atoms with Crippen molar-refractivity contribution in [2.75, 3.05) is 19.7 Å². The monoisotopic (exact) mass is 398 g/mol. The number of carbonyl (C=O) groups is 2. The summed E-state index contributed by atoms with van der Waals surface area (Å²) in [4.78, 5) is 37.1. The van der Waals surface area contributed by atoms with E-state index in [0.717, 1.165) is 29.8 Å². The molecule has 2 saturated heterocycles. The van der Waals surface area contributed by atoms with Gasteiger partial charge in [0.05, 0.1) is 29.0 Å². The fraction of sp³-hybridized carbons (Fsp3) is 0.500. The molecule has 7 nitrogen and oxygen atoms in total. The van der Waals surface area contributed by atoms with E-state index in [9.17, 15) is 9.59 Å². The van der Waals surface area contributed by atoms with E-state index in [0.29, 0.717) is 32.5 Å². The van der Waals surface area contributed by atoms with E-state index < -0.39 is 0 Å². The third-order valence-electron chi connectivity index (χ3n) is 6.00. The van der Waals surface area contributed by atoms with Gasteiger partial charge in [-0.3, -0.25) is 19.6 Å². The van der Waals surface area contributed by atoms with Crippen molar-refractivity contribution in [3.05, 3.63) is 35.1 Å². The maximum Gasteiger partial charge on any atom is 0.245 e. The Balaban J connectivity index is 1.35. The molecule has 3 aliphatic rings. The number of rotatable bonds is 2. The van der Waals surface area contributed by atoms with Gasteiger partial charge in [0.25, 0.3) is 0 Å². The lowest BCUT2D eigenvalue weighted by Gasteiger charge is -2.44. The van der Waals surface area contributed by atoms with E-state index in [-0.39, 0.29) is 23.5 Å². The molecule has 1 unspecified atom stereocenters. The number of aromatic nitrogens is 2. The van der Waals surface area contributed by atoms with Crippen LogP contribution in [0.1, 0.15) is 36.1 Å². The molecule has 1 atom stereocenters. The Morgan fingerprint density at radius 2 is 2.14 bits per heavy atom. The molecule has 0 aliphatic carbocycles. The number of likely N-dealkylation sites (tertiary alicyclic amines) is 1. The SMILES string of the molecule is O=C1CCC(C(=O)N2CCC3(CC2)OCCc2sc(-c4cnccn4)cc23)N1. The predicted octanol–water partition coefficient (Wildman–Crippen LogP) is 1.87. The standard InChI is InChI=1S/C20H22N4O3S/c25-18-2-1-14(23-18)19(26)24-8-4-20(5-9-24)13-11-17(15-12-21-6-7-22-15)28-16(13)3-10-27-20/h6-7,11-12,14H,1-5,8-10H2,(H,23,25). The van der Waals surface area contributed by atoms with Crippen LogP contribution < -0.4 is 5.32 Å². The zero-order valence-corrected chi connectivity index (χ0v) is 16.3. The van der Waals surface area contributed by atoms with Gasteiger partial charge in [0, 0.05) is 43.2 Å². The van der Waals surface area contributed by atoms with Crippen LogP contribution in [0.25, 0.3) is 10.6 Å². The Morgan fingerprint density at radius 1 is 1.29 bits per heavy atom. The highest BCUT2D eigenvalue weighted by molar-refractivity contribution is 7.15. The summed E-state index contributed by atoms with van der Waals surface area (Å²) >= 11 is 1.77. The molecule has 0 radical (unpaired) electrons. The first-order chi connectivity index (χ1) is 13.6. The van der Waals surface area contributed by atoms with Gasteiger partial charge in [-0.25, -0.2) is 0 Å². The van der Waals surface area contributed by atoms with Crippen LogP contribution in [-0.4, -0.2) is 52.4 Å². The number of hydrogen-bond acceptors (Lipinski definition) is 6. The van der Waals surface area contributed by atoms with E-state index in [2.05, 4.69) is 21.4 Å². The van der Waals surface area contributed by atoms with Crippen LogP contribution in [0.5, 0.6) is 0 Å². The Bertz CT molecular complexity index is 905. The summed E-state index contributed by atoms with van der Waals surface area (Å²) in [6.45, 7) is 2.02. The third kappa shape index (κ3) is 3.00. The van der Waals surface area contributed by atoms with Crippen LogP contribution >= 0.6 is 11.3 Å². The minimum atomic E-state index is -0.353. The number of nitrogens with zero attached hydrogens (tertiary/aromatic N) is 3. The van der Waals surface area contributed by atoms with Crippen molar-refractivity contribution in [3.63, 3.8) is 0 Å². The second-order valence-corrected chi connectivity index (χ2v) is 8.75. The van der Waals surface area contributed by atoms with Gasteiger partial charge < -0.3 is 15.0 Å². The number of piperidine rings is 1. The second kappa shape index (κ2) is 6.93. The molecule has 1 N–H and O–H groups in total. The Labute approximate surface area is 167 Å². The molecular weight excluding hydrogens is 376 g/mol. The number of nitrogens with one attached hydrogen (secondary N) is 1. The maximum atomic E-state index is 12.7. The first-order valence-corrected chi connectivity index (χ1v) is 10.6. The number of fused-ring (bicyclic) bond motifs is 2. The molecule has 3 aliphatic heterocycles. The smallest absolute Gasteiger partial charge is 0.245 e. The molecule has 2 aromatic rings. The van der Waals surface area contributed by atoms with Crippen LogP contribution in [0.4, 0.5) is 0 Å². The summed E-state index contributed by atoms with van der Waals surface area (Å²) in [7, 11) is 0. The van der Waals surface area contributed by atoms with Gasteiger partial charge in [-0.05, 0) is 30.9 Å². The quantitative estimate of drug-likeness (QED) is 0.835. The largest absolute Gasteiger partial charge is 0.370 e. The summed E-state index contributed by atoms with van der Waals surface area (Å²) < 4.78 is 6.32. The highest BCUT2D eigenvalue weighted by atomic mass is 32.1. The van der Waals surface area contributed by atoms with Crippen LogP contribution in [0.3, 0.4) is 0 Å². The Kier molecular flexibility index (Phi) is 4.40. The molecule has 2 amide bonds. The highest BCUT2D eigenvalue weighted by Gasteiger charge is 2.44. The van der Waals surface area contributed by atoms with Crippen LogP contribution in [-0.2, 0) is 26.3 Å². The maximum absolute atomic E-state index is 12.7. The normalized spacial score (nSPS) is 23.5. The molecule has 5 heterocycles. The summed E-state index contributed by atoms with van der Waals surface area (Å²) in [6, 6.07) is 1.85. The van der Waals surface area contributed by atoms with Gasteiger partial charge >= 0.3 is 0 Å².